The Morgan fingerprint density at radius 2 is 1.85 bits per heavy atom. The van der Waals surface area contributed by atoms with Crippen molar-refractivity contribution in [1.29, 1.82) is 5.26 Å². The molecule has 3 atom stereocenters. The number of halogens is 1. The highest BCUT2D eigenvalue weighted by Crippen LogP contribution is 2.28. The quantitative estimate of drug-likeness (QED) is 0.519. The van der Waals surface area contributed by atoms with Crippen molar-refractivity contribution in [3.05, 3.63) is 66.1 Å². The number of nitrogens with zero attached hydrogens (tertiary/aromatic N) is 3. The van der Waals surface area contributed by atoms with Gasteiger partial charge in [0, 0.05) is 42.5 Å². The third kappa shape index (κ3) is 5.07. The Balaban J connectivity index is 1.23. The second-order valence-corrected chi connectivity index (χ2v) is 9.27. The van der Waals surface area contributed by atoms with Crippen molar-refractivity contribution in [3.8, 4) is 17.4 Å². The van der Waals surface area contributed by atoms with Gasteiger partial charge in [0.15, 0.2) is 5.76 Å². The van der Waals surface area contributed by atoms with Crippen LogP contribution in [-0.2, 0) is 0 Å². The fraction of sp³-hybridized carbons (Fsp3) is 0.407. The van der Waals surface area contributed by atoms with Gasteiger partial charge in [0.1, 0.15) is 11.9 Å². The number of aromatic nitrogens is 1. The normalized spacial score (nSPS) is 22.8. The van der Waals surface area contributed by atoms with Crippen molar-refractivity contribution in [2.24, 2.45) is 0 Å². The first-order valence-electron chi connectivity index (χ1n) is 12.2. The minimum atomic E-state index is -0.451. The van der Waals surface area contributed by atoms with Crippen LogP contribution in [0.1, 0.15) is 44.1 Å². The Bertz CT molecular complexity index is 1140. The van der Waals surface area contributed by atoms with E-state index in [9.17, 15) is 4.39 Å². The summed E-state index contributed by atoms with van der Waals surface area (Å²) in [5, 5.41) is 16.4. The van der Waals surface area contributed by atoms with Crippen LogP contribution in [0.15, 0.2) is 59.1 Å². The van der Waals surface area contributed by atoms with Crippen LogP contribution in [0.25, 0.3) is 11.3 Å². The van der Waals surface area contributed by atoms with Crippen LogP contribution in [0.3, 0.4) is 0 Å². The first-order valence-corrected chi connectivity index (χ1v) is 12.2. The summed E-state index contributed by atoms with van der Waals surface area (Å²) in [4.78, 5) is 6.69. The van der Waals surface area contributed by atoms with E-state index >= 15 is 0 Å². The lowest BCUT2D eigenvalue weighted by Gasteiger charge is -2.40. The lowest BCUT2D eigenvalue weighted by atomic mass is 9.89. The van der Waals surface area contributed by atoms with E-state index in [1.165, 1.54) is 18.9 Å². The van der Waals surface area contributed by atoms with Crippen LogP contribution in [0.5, 0.6) is 0 Å². The zero-order valence-electron chi connectivity index (χ0n) is 19.2. The SMILES string of the molecule is N#Cc1ccc(N2CCCC(NC3CCCCC3Nc3ncc(-c4ccccc4)o3)C2)cc1F. The molecule has 6 nitrogen and oxygen atoms in total. The number of hydrogen-bond donors (Lipinski definition) is 2. The molecule has 2 heterocycles. The van der Waals surface area contributed by atoms with Crippen LogP contribution in [0.2, 0.25) is 0 Å². The maximum atomic E-state index is 14.2. The summed E-state index contributed by atoms with van der Waals surface area (Å²) < 4.78 is 20.2. The van der Waals surface area contributed by atoms with E-state index < -0.39 is 5.82 Å². The summed E-state index contributed by atoms with van der Waals surface area (Å²) in [6.45, 7) is 1.72. The number of hydrogen-bond acceptors (Lipinski definition) is 6. The van der Waals surface area contributed by atoms with Crippen molar-refractivity contribution < 1.29 is 8.81 Å². The molecule has 1 aromatic heterocycles. The Kier molecular flexibility index (Phi) is 6.77. The van der Waals surface area contributed by atoms with Crippen molar-refractivity contribution in [1.82, 2.24) is 10.3 Å². The topological polar surface area (TPSA) is 77.1 Å². The number of nitrogens with one attached hydrogen (secondary N) is 2. The van der Waals surface area contributed by atoms with E-state index in [-0.39, 0.29) is 11.6 Å². The molecule has 7 heteroatoms. The lowest BCUT2D eigenvalue weighted by Crippen LogP contribution is -2.54. The van der Waals surface area contributed by atoms with Crippen molar-refractivity contribution in [2.45, 2.75) is 56.7 Å². The van der Waals surface area contributed by atoms with Gasteiger partial charge in [-0.3, -0.25) is 0 Å². The summed E-state index contributed by atoms with van der Waals surface area (Å²) in [6, 6.07) is 18.3. The van der Waals surface area contributed by atoms with E-state index in [0.29, 0.717) is 18.1 Å². The van der Waals surface area contributed by atoms with Gasteiger partial charge in [-0.2, -0.15) is 5.26 Å². The van der Waals surface area contributed by atoms with E-state index in [1.807, 2.05) is 42.5 Å². The summed E-state index contributed by atoms with van der Waals surface area (Å²) in [5.41, 5.74) is 1.95. The molecule has 0 bridgehead atoms. The lowest BCUT2D eigenvalue weighted by molar-refractivity contribution is 0.290. The van der Waals surface area contributed by atoms with E-state index in [4.69, 9.17) is 9.68 Å². The number of benzene rings is 2. The van der Waals surface area contributed by atoms with Gasteiger partial charge in [-0.1, -0.05) is 43.2 Å². The molecule has 2 aromatic carbocycles. The molecule has 0 spiro atoms. The molecule has 176 valence electrons. The average Bonchev–Trinajstić information content (AvgIpc) is 3.34. The molecule has 5 rings (SSSR count). The van der Waals surface area contributed by atoms with Gasteiger partial charge in [0.2, 0.25) is 0 Å². The van der Waals surface area contributed by atoms with Gasteiger partial charge in [-0.05, 0) is 43.9 Å². The average molecular weight is 460 g/mol. The monoisotopic (exact) mass is 459 g/mol. The minimum absolute atomic E-state index is 0.0912. The molecule has 2 fully saturated rings. The number of anilines is 2. The maximum Gasteiger partial charge on any atom is 0.295 e. The predicted octanol–water partition coefficient (Wildman–Crippen LogP) is 5.33. The van der Waals surface area contributed by atoms with Crippen LogP contribution >= 0.6 is 0 Å². The molecule has 1 aliphatic heterocycles. The predicted molar refractivity (Wildman–Crippen MR) is 131 cm³/mol. The highest BCUT2D eigenvalue weighted by atomic mass is 19.1. The Morgan fingerprint density at radius 1 is 1.03 bits per heavy atom. The molecule has 2 N–H and O–H groups in total. The van der Waals surface area contributed by atoms with Gasteiger partial charge in [0.25, 0.3) is 6.01 Å². The summed E-state index contributed by atoms with van der Waals surface area (Å²) in [7, 11) is 0. The van der Waals surface area contributed by atoms with Crippen molar-refractivity contribution in [3.63, 3.8) is 0 Å². The standard InChI is InChI=1S/C27H30FN5O/c28-23-15-22(13-12-20(23)16-29)33-14-6-9-21(18-33)31-24-10-4-5-11-25(24)32-27-30-17-26(34-27)19-7-2-1-3-8-19/h1-3,7-8,12-13,15,17,21,24-25,31H,4-6,9-11,14,18H2,(H,30,32). The molecule has 3 unspecified atom stereocenters. The van der Waals surface area contributed by atoms with Crippen LogP contribution in [-0.4, -0.2) is 36.2 Å². The smallest absolute Gasteiger partial charge is 0.295 e. The van der Waals surface area contributed by atoms with E-state index in [2.05, 4.69) is 20.5 Å². The first-order chi connectivity index (χ1) is 16.7. The molecule has 0 radical (unpaired) electrons. The fourth-order valence-electron chi connectivity index (χ4n) is 5.18. The van der Waals surface area contributed by atoms with Crippen LogP contribution < -0.4 is 15.5 Å². The second-order valence-electron chi connectivity index (χ2n) is 9.27. The molecule has 3 aromatic rings. The molecular weight excluding hydrogens is 429 g/mol. The van der Waals surface area contributed by atoms with Crippen LogP contribution in [0.4, 0.5) is 16.1 Å². The Labute approximate surface area is 199 Å². The molecule has 0 amide bonds. The number of rotatable bonds is 6. The number of oxazole rings is 1. The zero-order valence-corrected chi connectivity index (χ0v) is 19.2. The number of nitriles is 1. The summed E-state index contributed by atoms with van der Waals surface area (Å²) in [5.74, 6) is 0.313. The van der Waals surface area contributed by atoms with Crippen LogP contribution in [0, 0.1) is 17.1 Å². The molecule has 1 saturated heterocycles. The summed E-state index contributed by atoms with van der Waals surface area (Å²) in [6.07, 6.45) is 8.47. The van der Waals surface area contributed by atoms with E-state index in [0.717, 1.165) is 55.8 Å². The maximum absolute atomic E-state index is 14.2. The van der Waals surface area contributed by atoms with Gasteiger partial charge in [-0.25, -0.2) is 9.37 Å². The van der Waals surface area contributed by atoms with Crippen molar-refractivity contribution >= 4 is 11.7 Å². The summed E-state index contributed by atoms with van der Waals surface area (Å²) >= 11 is 0. The molecule has 1 aliphatic carbocycles. The molecule has 1 saturated carbocycles. The molecule has 2 aliphatic rings. The highest BCUT2D eigenvalue weighted by Gasteiger charge is 2.30. The Morgan fingerprint density at radius 3 is 2.65 bits per heavy atom. The van der Waals surface area contributed by atoms with Gasteiger partial charge in [-0.15, -0.1) is 0 Å². The zero-order chi connectivity index (χ0) is 23.3. The minimum Gasteiger partial charge on any atom is -0.424 e. The third-order valence-corrected chi connectivity index (χ3v) is 6.95. The molecular formula is C27H30FN5O. The fourth-order valence-corrected chi connectivity index (χ4v) is 5.18. The molecule has 34 heavy (non-hydrogen) atoms. The second kappa shape index (κ2) is 10.3. The highest BCUT2D eigenvalue weighted by molar-refractivity contribution is 5.57. The van der Waals surface area contributed by atoms with Gasteiger partial charge < -0.3 is 20.0 Å². The van der Waals surface area contributed by atoms with Crippen molar-refractivity contribution in [2.75, 3.05) is 23.3 Å². The van der Waals surface area contributed by atoms with E-state index in [1.54, 1.807) is 12.3 Å². The Hall–Kier alpha value is -3.37. The van der Waals surface area contributed by atoms with Gasteiger partial charge >= 0.3 is 0 Å². The first kappa shape index (κ1) is 22.4. The number of piperidine rings is 1. The third-order valence-electron chi connectivity index (χ3n) is 6.95. The van der Waals surface area contributed by atoms with Gasteiger partial charge in [0.05, 0.1) is 11.8 Å². The largest absolute Gasteiger partial charge is 0.424 e.